The summed E-state index contributed by atoms with van der Waals surface area (Å²) in [6.07, 6.45) is 3.53. The molecule has 0 atom stereocenters. The van der Waals surface area contributed by atoms with Gasteiger partial charge in [-0.05, 0) is 66.0 Å². The maximum atomic E-state index is 12.5. The van der Waals surface area contributed by atoms with E-state index in [4.69, 9.17) is 4.42 Å². The van der Waals surface area contributed by atoms with Crippen molar-refractivity contribution in [1.82, 2.24) is 0 Å². The minimum absolute atomic E-state index is 0.0480. The number of benzene rings is 2. The first-order valence-corrected chi connectivity index (χ1v) is 8.99. The van der Waals surface area contributed by atoms with Gasteiger partial charge in [-0.2, -0.15) is 0 Å². The lowest BCUT2D eigenvalue weighted by molar-refractivity contribution is 0.449. The summed E-state index contributed by atoms with van der Waals surface area (Å²) in [5.74, 6) is -0.655. The molecule has 0 saturated carbocycles. The highest BCUT2D eigenvalue weighted by molar-refractivity contribution is 5.95. The van der Waals surface area contributed by atoms with E-state index >= 15 is 0 Å². The lowest BCUT2D eigenvalue weighted by Gasteiger charge is -2.28. The Balaban J connectivity index is 1.84. The molecule has 142 valence electrons. The number of rotatable bonds is 4. The van der Waals surface area contributed by atoms with Gasteiger partial charge in [0.05, 0.1) is 5.39 Å². The van der Waals surface area contributed by atoms with E-state index in [0.717, 1.165) is 31.6 Å². The zero-order chi connectivity index (χ0) is 19.7. The van der Waals surface area contributed by atoms with Crippen LogP contribution in [0.4, 0.5) is 17.1 Å². The van der Waals surface area contributed by atoms with Gasteiger partial charge in [-0.15, -0.1) is 9.81 Å². The van der Waals surface area contributed by atoms with Gasteiger partial charge in [-0.25, -0.2) is 0 Å². The number of fused-ring (bicyclic) bond motifs is 1. The van der Waals surface area contributed by atoms with Crippen LogP contribution in [0.5, 0.6) is 5.75 Å². The summed E-state index contributed by atoms with van der Waals surface area (Å²) in [6, 6.07) is 9.73. The second-order valence-electron chi connectivity index (χ2n) is 6.70. The van der Waals surface area contributed by atoms with Gasteiger partial charge in [-0.1, -0.05) is 0 Å². The third-order valence-corrected chi connectivity index (χ3v) is 5.03. The first-order valence-electron chi connectivity index (χ1n) is 8.99. The molecule has 1 aliphatic rings. The molecule has 0 radical (unpaired) electrons. The lowest BCUT2D eigenvalue weighted by atomic mass is 10.1. The minimum atomic E-state index is -0.710. The summed E-state index contributed by atoms with van der Waals surface area (Å²) in [5, 5.41) is 15.8. The fourth-order valence-electron chi connectivity index (χ4n) is 3.56. The fourth-order valence-corrected chi connectivity index (χ4v) is 3.56. The molecule has 1 aliphatic heterocycles. The topological polar surface area (TPSA) is 113 Å². The van der Waals surface area contributed by atoms with E-state index in [9.17, 15) is 19.7 Å². The van der Waals surface area contributed by atoms with Gasteiger partial charge in [0, 0.05) is 24.3 Å². The van der Waals surface area contributed by atoms with Crippen molar-refractivity contribution >= 4 is 28.0 Å². The molecule has 2 aromatic carbocycles. The van der Waals surface area contributed by atoms with Gasteiger partial charge < -0.3 is 14.4 Å². The molecule has 0 spiro atoms. The van der Waals surface area contributed by atoms with Crippen LogP contribution < -0.4 is 10.3 Å². The molecular formula is C20H17N3O5. The van der Waals surface area contributed by atoms with Crippen molar-refractivity contribution in [2.45, 2.75) is 19.3 Å². The van der Waals surface area contributed by atoms with E-state index in [1.165, 1.54) is 18.6 Å². The van der Waals surface area contributed by atoms with Gasteiger partial charge in [0.15, 0.2) is 17.0 Å². The summed E-state index contributed by atoms with van der Waals surface area (Å²) in [4.78, 5) is 36.9. The first kappa shape index (κ1) is 17.8. The van der Waals surface area contributed by atoms with E-state index in [2.05, 4.69) is 15.3 Å². The third-order valence-electron chi connectivity index (χ3n) is 5.03. The Morgan fingerprint density at radius 3 is 2.29 bits per heavy atom. The monoisotopic (exact) mass is 379 g/mol. The number of aromatic hydroxyl groups is 1. The van der Waals surface area contributed by atoms with Crippen LogP contribution in [0.15, 0.2) is 56.0 Å². The third kappa shape index (κ3) is 2.92. The van der Waals surface area contributed by atoms with Crippen LogP contribution in [0.1, 0.15) is 19.3 Å². The van der Waals surface area contributed by atoms with Crippen LogP contribution in [0.2, 0.25) is 0 Å². The first-order chi connectivity index (χ1) is 13.6. The van der Waals surface area contributed by atoms with E-state index in [-0.39, 0.29) is 28.1 Å². The molecular weight excluding hydrogens is 362 g/mol. The molecule has 4 rings (SSSR count). The van der Waals surface area contributed by atoms with Crippen molar-refractivity contribution in [2.75, 3.05) is 18.0 Å². The van der Waals surface area contributed by atoms with Crippen LogP contribution in [0, 0.1) is 9.81 Å². The SMILES string of the molecule is O=Nc1ccc2c(=O)c(O)c(-c3ccc(N4CCCCC4)cc3)oc2c1N=O. The number of anilines is 1. The maximum Gasteiger partial charge on any atom is 0.235 e. The summed E-state index contributed by atoms with van der Waals surface area (Å²) in [7, 11) is 0. The second-order valence-corrected chi connectivity index (χ2v) is 6.70. The predicted octanol–water partition coefficient (Wildman–Crippen LogP) is 4.95. The molecule has 1 aromatic heterocycles. The number of hydrogen-bond donors (Lipinski definition) is 1. The maximum absolute atomic E-state index is 12.5. The van der Waals surface area contributed by atoms with Crippen molar-refractivity contribution in [1.29, 1.82) is 0 Å². The molecule has 0 bridgehead atoms. The zero-order valence-electron chi connectivity index (χ0n) is 14.9. The Morgan fingerprint density at radius 2 is 1.64 bits per heavy atom. The standard InChI is InChI=1S/C20H17N3O5/c24-17-14-8-9-15(21-26)16(22-27)20(14)28-19(18(17)25)12-4-6-13(7-5-12)23-10-2-1-3-11-23/h4-9,25H,1-3,10-11H2. The molecule has 0 aliphatic carbocycles. The zero-order valence-corrected chi connectivity index (χ0v) is 14.9. The average Bonchev–Trinajstić information content (AvgIpc) is 2.76. The van der Waals surface area contributed by atoms with Crippen molar-refractivity contribution in [3.05, 3.63) is 56.4 Å². The molecule has 1 saturated heterocycles. The summed E-state index contributed by atoms with van der Waals surface area (Å²) in [6.45, 7) is 1.98. The highest BCUT2D eigenvalue weighted by Gasteiger charge is 2.21. The number of nitrogens with zero attached hydrogens (tertiary/aromatic N) is 3. The Kier molecular flexibility index (Phi) is 4.60. The predicted molar refractivity (Wildman–Crippen MR) is 107 cm³/mol. The van der Waals surface area contributed by atoms with E-state index < -0.39 is 11.2 Å². The van der Waals surface area contributed by atoms with E-state index in [0.29, 0.717) is 5.56 Å². The Labute approximate surface area is 159 Å². The molecule has 2 heterocycles. The molecule has 1 fully saturated rings. The van der Waals surface area contributed by atoms with Crippen molar-refractivity contribution in [3.8, 4) is 17.1 Å². The largest absolute Gasteiger partial charge is 0.502 e. The number of nitroso groups, excluding NO2 is 2. The normalized spacial score (nSPS) is 14.2. The van der Waals surface area contributed by atoms with Crippen molar-refractivity contribution in [3.63, 3.8) is 0 Å². The van der Waals surface area contributed by atoms with Gasteiger partial charge >= 0.3 is 0 Å². The number of piperidine rings is 1. The molecule has 3 aromatic rings. The summed E-state index contributed by atoms with van der Waals surface area (Å²) in [5.41, 5.74) is 0.0366. The Morgan fingerprint density at radius 1 is 0.929 bits per heavy atom. The highest BCUT2D eigenvalue weighted by Crippen LogP contribution is 2.39. The van der Waals surface area contributed by atoms with E-state index in [1.807, 2.05) is 12.1 Å². The minimum Gasteiger partial charge on any atom is -0.502 e. The summed E-state index contributed by atoms with van der Waals surface area (Å²) < 4.78 is 5.65. The highest BCUT2D eigenvalue weighted by atomic mass is 16.4. The van der Waals surface area contributed by atoms with Gasteiger partial charge in [0.2, 0.25) is 11.2 Å². The van der Waals surface area contributed by atoms with E-state index in [1.54, 1.807) is 12.1 Å². The fraction of sp³-hybridized carbons (Fsp3) is 0.250. The second kappa shape index (κ2) is 7.22. The van der Waals surface area contributed by atoms with Gasteiger partial charge in [0.1, 0.15) is 5.69 Å². The van der Waals surface area contributed by atoms with Crippen LogP contribution in [-0.2, 0) is 0 Å². The van der Waals surface area contributed by atoms with Crippen LogP contribution in [-0.4, -0.2) is 18.2 Å². The molecule has 0 amide bonds. The Hall–Kier alpha value is -3.55. The van der Waals surface area contributed by atoms with Gasteiger partial charge in [0.25, 0.3) is 0 Å². The van der Waals surface area contributed by atoms with Crippen LogP contribution in [0.3, 0.4) is 0 Å². The van der Waals surface area contributed by atoms with Crippen LogP contribution >= 0.6 is 0 Å². The molecule has 28 heavy (non-hydrogen) atoms. The van der Waals surface area contributed by atoms with Crippen molar-refractivity contribution < 1.29 is 9.52 Å². The Bertz CT molecular complexity index is 1120. The quantitative estimate of drug-likeness (QED) is 0.642. The molecule has 1 N–H and O–H groups in total. The smallest absolute Gasteiger partial charge is 0.235 e. The average molecular weight is 379 g/mol. The van der Waals surface area contributed by atoms with Crippen LogP contribution in [0.25, 0.3) is 22.3 Å². The summed E-state index contributed by atoms with van der Waals surface area (Å²) >= 11 is 0. The lowest BCUT2D eigenvalue weighted by Crippen LogP contribution is -2.29. The van der Waals surface area contributed by atoms with Gasteiger partial charge in [-0.3, -0.25) is 4.79 Å². The number of hydrogen-bond acceptors (Lipinski definition) is 8. The molecule has 8 heteroatoms. The molecule has 8 nitrogen and oxygen atoms in total. The van der Waals surface area contributed by atoms with Crippen molar-refractivity contribution in [2.24, 2.45) is 10.4 Å². The molecule has 0 unspecified atom stereocenters.